The monoisotopic (exact) mass is 325 g/mol. The summed E-state index contributed by atoms with van der Waals surface area (Å²) in [5.74, 6) is -0.363. The van der Waals surface area contributed by atoms with Crippen LogP contribution in [-0.4, -0.2) is 16.7 Å². The first-order valence-corrected chi connectivity index (χ1v) is 8.74. The zero-order valence-electron chi connectivity index (χ0n) is 15.6. The van der Waals surface area contributed by atoms with Crippen LogP contribution in [0.5, 0.6) is 0 Å². The zero-order valence-corrected chi connectivity index (χ0v) is 15.6. The number of nitrogens with zero attached hydrogens (tertiary/aromatic N) is 1. The maximum Gasteiger partial charge on any atom is 0.254 e. The molecule has 0 radical (unpaired) electrons. The predicted octanol–water partition coefficient (Wildman–Crippen LogP) is 4.19. The van der Waals surface area contributed by atoms with Gasteiger partial charge in [-0.1, -0.05) is 53.7 Å². The van der Waals surface area contributed by atoms with E-state index in [2.05, 4.69) is 53.7 Å². The van der Waals surface area contributed by atoms with E-state index in [4.69, 9.17) is 0 Å². The second-order valence-electron chi connectivity index (χ2n) is 9.00. The molecule has 0 bridgehead atoms. The lowest BCUT2D eigenvalue weighted by molar-refractivity contribution is -0.139. The average Bonchev–Trinajstić information content (AvgIpc) is 2.99. The summed E-state index contributed by atoms with van der Waals surface area (Å²) in [5, 5.41) is 0. The van der Waals surface area contributed by atoms with Crippen LogP contribution in [0.1, 0.15) is 76.3 Å². The van der Waals surface area contributed by atoms with Gasteiger partial charge in [-0.15, -0.1) is 0 Å². The molecule has 2 amide bonds. The van der Waals surface area contributed by atoms with Gasteiger partial charge in [0.2, 0.25) is 0 Å². The van der Waals surface area contributed by atoms with Crippen LogP contribution >= 0.6 is 0 Å². The maximum absolute atomic E-state index is 12.2. The molecule has 0 saturated carbocycles. The van der Waals surface area contributed by atoms with Gasteiger partial charge in [0.15, 0.2) is 0 Å². The van der Waals surface area contributed by atoms with Crippen LogP contribution in [0, 0.1) is 0 Å². The van der Waals surface area contributed by atoms with E-state index < -0.39 is 0 Å². The van der Waals surface area contributed by atoms with E-state index in [0.29, 0.717) is 0 Å². The molecule has 1 atom stereocenters. The van der Waals surface area contributed by atoms with Crippen molar-refractivity contribution in [3.05, 3.63) is 46.5 Å². The lowest BCUT2D eigenvalue weighted by Gasteiger charge is -2.35. The highest BCUT2D eigenvalue weighted by molar-refractivity contribution is 6.13. The third-order valence-corrected chi connectivity index (χ3v) is 5.07. The summed E-state index contributed by atoms with van der Waals surface area (Å²) in [5.41, 5.74) is 5.08. The molecule has 0 unspecified atom stereocenters. The number of amides is 2. The Hall–Kier alpha value is -1.90. The molecule has 1 aromatic carbocycles. The summed E-state index contributed by atoms with van der Waals surface area (Å²) in [7, 11) is 0. The first-order valence-electron chi connectivity index (χ1n) is 8.74. The number of fused-ring (bicyclic) bond motifs is 1. The number of rotatable bonds is 1. The Labute approximate surface area is 144 Å². The molecule has 1 heterocycles. The quantitative estimate of drug-likeness (QED) is 0.726. The van der Waals surface area contributed by atoms with Crippen molar-refractivity contribution < 1.29 is 9.59 Å². The molecule has 0 saturated heterocycles. The van der Waals surface area contributed by atoms with Gasteiger partial charge in [-0.25, -0.2) is 0 Å². The van der Waals surface area contributed by atoms with Crippen LogP contribution in [0.3, 0.4) is 0 Å². The van der Waals surface area contributed by atoms with Gasteiger partial charge in [-0.2, -0.15) is 0 Å². The molecule has 0 spiro atoms. The van der Waals surface area contributed by atoms with Crippen LogP contribution in [0.25, 0.3) is 0 Å². The van der Waals surface area contributed by atoms with Gasteiger partial charge in [0.25, 0.3) is 11.8 Å². The minimum absolute atomic E-state index is 0.0159. The Bertz CT molecular complexity index is 726. The average molecular weight is 325 g/mol. The fourth-order valence-corrected chi connectivity index (χ4v) is 4.11. The molecule has 0 fully saturated rings. The molecule has 1 aliphatic heterocycles. The van der Waals surface area contributed by atoms with Crippen molar-refractivity contribution in [3.63, 3.8) is 0 Å². The van der Waals surface area contributed by atoms with Crippen molar-refractivity contribution >= 4 is 11.8 Å². The van der Waals surface area contributed by atoms with Crippen LogP contribution in [0.15, 0.2) is 24.3 Å². The molecule has 3 rings (SSSR count). The van der Waals surface area contributed by atoms with Gasteiger partial charge in [0.05, 0.1) is 6.04 Å². The van der Waals surface area contributed by atoms with E-state index in [-0.39, 0.29) is 28.7 Å². The predicted molar refractivity (Wildman–Crippen MR) is 95.9 cm³/mol. The highest BCUT2D eigenvalue weighted by Gasteiger charge is 2.40. The Balaban J connectivity index is 2.23. The van der Waals surface area contributed by atoms with E-state index >= 15 is 0 Å². The van der Waals surface area contributed by atoms with Gasteiger partial charge in [0.1, 0.15) is 0 Å². The summed E-state index contributed by atoms with van der Waals surface area (Å²) in [6.07, 6.45) is 4.53. The molecule has 0 N–H and O–H groups in total. The second kappa shape index (κ2) is 5.30. The Kier molecular flexibility index (Phi) is 3.74. The summed E-state index contributed by atoms with van der Waals surface area (Å²) in [6, 6.07) is 4.31. The summed E-state index contributed by atoms with van der Waals surface area (Å²) in [6.45, 7) is 13.3. The van der Waals surface area contributed by atoms with Crippen molar-refractivity contribution in [1.29, 1.82) is 0 Å². The molecule has 3 nitrogen and oxygen atoms in total. The van der Waals surface area contributed by atoms with Gasteiger partial charge in [-0.05, 0) is 45.9 Å². The first kappa shape index (κ1) is 16.9. The maximum atomic E-state index is 12.2. The van der Waals surface area contributed by atoms with Crippen molar-refractivity contribution in [1.82, 2.24) is 4.90 Å². The molecule has 0 aromatic heterocycles. The van der Waals surface area contributed by atoms with E-state index in [1.807, 2.05) is 0 Å². The minimum Gasteiger partial charge on any atom is -0.269 e. The molecular formula is C21H27NO2. The molecule has 1 aromatic rings. The zero-order chi connectivity index (χ0) is 17.9. The summed E-state index contributed by atoms with van der Waals surface area (Å²) >= 11 is 0. The van der Waals surface area contributed by atoms with Gasteiger partial charge in [-0.3, -0.25) is 14.5 Å². The number of carbonyl (C=O) groups is 2. The number of benzene rings is 1. The first-order chi connectivity index (χ1) is 11.0. The number of aryl methyl sites for hydroxylation is 1. The lowest BCUT2D eigenvalue weighted by atomic mass is 9.72. The minimum atomic E-state index is -0.182. The normalized spacial score (nSPS) is 20.9. The number of imide groups is 1. The van der Waals surface area contributed by atoms with Crippen molar-refractivity contribution in [2.75, 3.05) is 0 Å². The fourth-order valence-electron chi connectivity index (χ4n) is 4.11. The van der Waals surface area contributed by atoms with Gasteiger partial charge >= 0.3 is 0 Å². The smallest absolute Gasteiger partial charge is 0.254 e. The van der Waals surface area contributed by atoms with Crippen molar-refractivity contribution in [2.45, 2.75) is 71.3 Å². The molecule has 24 heavy (non-hydrogen) atoms. The number of hydrogen-bond acceptors (Lipinski definition) is 2. The van der Waals surface area contributed by atoms with Crippen molar-refractivity contribution in [3.8, 4) is 0 Å². The van der Waals surface area contributed by atoms with E-state index in [1.165, 1.54) is 39.3 Å². The summed E-state index contributed by atoms with van der Waals surface area (Å²) in [4.78, 5) is 25.9. The largest absolute Gasteiger partial charge is 0.269 e. The third kappa shape index (κ3) is 2.60. The fraction of sp³-hybridized carbons (Fsp3) is 0.524. The van der Waals surface area contributed by atoms with E-state index in [0.717, 1.165) is 12.8 Å². The molecule has 128 valence electrons. The number of carbonyl (C=O) groups excluding carboxylic acids is 2. The van der Waals surface area contributed by atoms with Crippen LogP contribution in [0.2, 0.25) is 0 Å². The Morgan fingerprint density at radius 3 is 2.00 bits per heavy atom. The van der Waals surface area contributed by atoms with Crippen LogP contribution in [-0.2, 0) is 26.8 Å². The van der Waals surface area contributed by atoms with Gasteiger partial charge in [0, 0.05) is 12.2 Å². The molecule has 3 heteroatoms. The van der Waals surface area contributed by atoms with Crippen molar-refractivity contribution in [2.24, 2.45) is 0 Å². The molecule has 2 aliphatic rings. The second-order valence-corrected chi connectivity index (χ2v) is 9.00. The summed E-state index contributed by atoms with van der Waals surface area (Å²) < 4.78 is 0. The third-order valence-electron chi connectivity index (χ3n) is 5.07. The Morgan fingerprint density at radius 1 is 0.917 bits per heavy atom. The molecular weight excluding hydrogens is 298 g/mol. The van der Waals surface area contributed by atoms with E-state index in [9.17, 15) is 9.59 Å². The highest BCUT2D eigenvalue weighted by Crippen LogP contribution is 2.46. The number of hydrogen-bond donors (Lipinski definition) is 0. The van der Waals surface area contributed by atoms with Crippen LogP contribution in [0.4, 0.5) is 0 Å². The van der Waals surface area contributed by atoms with E-state index in [1.54, 1.807) is 0 Å². The topological polar surface area (TPSA) is 37.4 Å². The lowest BCUT2D eigenvalue weighted by Crippen LogP contribution is -2.35. The molecule has 1 aliphatic carbocycles. The van der Waals surface area contributed by atoms with Crippen LogP contribution < -0.4 is 0 Å². The Morgan fingerprint density at radius 2 is 1.50 bits per heavy atom. The SMILES string of the molecule is CC(C)(C)c1ccc2c(c1C(C)(C)C)[C@@H](N1C(=O)C=CC1=O)CC2. The standard InChI is InChI=1S/C21H27NO2/c1-20(2,3)14-9-7-13-8-10-15(18(13)19(14)21(4,5)6)22-16(23)11-12-17(22)24/h7,9,11-12,15H,8,10H2,1-6H3/t15-/m0/s1. The highest BCUT2D eigenvalue weighted by atomic mass is 16.2. The van der Waals surface area contributed by atoms with Gasteiger partial charge < -0.3 is 0 Å².